The van der Waals surface area contributed by atoms with E-state index in [9.17, 15) is 0 Å². The van der Waals surface area contributed by atoms with Crippen LogP contribution in [0.2, 0.25) is 0 Å². The number of aryl methyl sites for hydroxylation is 1. The average molecular weight is 370 g/mol. The van der Waals surface area contributed by atoms with Crippen molar-refractivity contribution in [2.24, 2.45) is 0 Å². The molecule has 0 aliphatic carbocycles. The molecule has 140 valence electrons. The van der Waals surface area contributed by atoms with Gasteiger partial charge in [0.15, 0.2) is 0 Å². The second-order valence-electron chi connectivity index (χ2n) is 7.33. The molecule has 28 heavy (non-hydrogen) atoms. The highest BCUT2D eigenvalue weighted by Crippen LogP contribution is 2.33. The predicted molar refractivity (Wildman–Crippen MR) is 110 cm³/mol. The second kappa shape index (κ2) is 6.80. The van der Waals surface area contributed by atoms with Crippen LogP contribution in [-0.4, -0.2) is 49.5 Å². The molecule has 0 unspecified atom stereocenters. The number of pyridine rings is 2. The lowest BCUT2D eigenvalue weighted by Gasteiger charge is -2.15. The fourth-order valence-corrected chi connectivity index (χ4v) is 4.08. The maximum absolute atomic E-state index is 4.82. The summed E-state index contributed by atoms with van der Waals surface area (Å²) in [4.78, 5) is 20.7. The molecule has 0 saturated heterocycles. The van der Waals surface area contributed by atoms with E-state index in [1.807, 2.05) is 49.9 Å². The molecule has 5 heterocycles. The SMILES string of the molecule is Cc1ncc2c(n1)c1c(n2-c2ncccc2-c2ccncc2)CCN(C)CC1. The monoisotopic (exact) mass is 370 g/mol. The molecule has 0 amide bonds. The van der Waals surface area contributed by atoms with Crippen LogP contribution < -0.4 is 0 Å². The third-order valence-corrected chi connectivity index (χ3v) is 5.50. The van der Waals surface area contributed by atoms with Crippen molar-refractivity contribution >= 4 is 11.0 Å². The molecular formula is C22H22N6. The van der Waals surface area contributed by atoms with Gasteiger partial charge in [0.1, 0.15) is 11.6 Å². The Hall–Kier alpha value is -3.12. The molecule has 0 N–H and O–H groups in total. The summed E-state index contributed by atoms with van der Waals surface area (Å²) >= 11 is 0. The van der Waals surface area contributed by atoms with Crippen molar-refractivity contribution < 1.29 is 0 Å². The molecule has 5 rings (SSSR count). The summed E-state index contributed by atoms with van der Waals surface area (Å²) in [6.45, 7) is 4.01. The third-order valence-electron chi connectivity index (χ3n) is 5.50. The van der Waals surface area contributed by atoms with E-state index in [2.05, 4.69) is 32.5 Å². The van der Waals surface area contributed by atoms with Crippen molar-refractivity contribution in [3.63, 3.8) is 0 Å². The van der Waals surface area contributed by atoms with E-state index in [1.165, 1.54) is 11.3 Å². The van der Waals surface area contributed by atoms with Crippen molar-refractivity contribution in [2.45, 2.75) is 19.8 Å². The topological polar surface area (TPSA) is 59.7 Å². The Morgan fingerprint density at radius 3 is 2.64 bits per heavy atom. The smallest absolute Gasteiger partial charge is 0.145 e. The summed E-state index contributed by atoms with van der Waals surface area (Å²) in [5, 5.41) is 0. The van der Waals surface area contributed by atoms with Crippen LogP contribution in [0, 0.1) is 6.92 Å². The van der Waals surface area contributed by atoms with Crippen LogP contribution in [0.5, 0.6) is 0 Å². The van der Waals surface area contributed by atoms with Gasteiger partial charge in [0, 0.05) is 54.9 Å². The Balaban J connectivity index is 1.82. The minimum absolute atomic E-state index is 0.806. The molecule has 6 heteroatoms. The van der Waals surface area contributed by atoms with Crippen molar-refractivity contribution in [3.8, 4) is 16.9 Å². The van der Waals surface area contributed by atoms with Crippen LogP contribution in [0.4, 0.5) is 0 Å². The molecule has 4 aromatic heterocycles. The van der Waals surface area contributed by atoms with Crippen LogP contribution in [0.25, 0.3) is 28.0 Å². The third kappa shape index (κ3) is 2.77. The zero-order valence-corrected chi connectivity index (χ0v) is 16.1. The molecule has 0 atom stereocenters. The lowest BCUT2D eigenvalue weighted by molar-refractivity contribution is 0.351. The van der Waals surface area contributed by atoms with Gasteiger partial charge in [-0.3, -0.25) is 9.55 Å². The molecule has 0 fully saturated rings. The van der Waals surface area contributed by atoms with Gasteiger partial charge in [-0.25, -0.2) is 15.0 Å². The van der Waals surface area contributed by atoms with E-state index < -0.39 is 0 Å². The van der Waals surface area contributed by atoms with Crippen molar-refractivity contribution in [3.05, 3.63) is 66.1 Å². The lowest BCUT2D eigenvalue weighted by Crippen LogP contribution is -2.21. The minimum Gasteiger partial charge on any atom is -0.306 e. The van der Waals surface area contributed by atoms with Gasteiger partial charge in [0.25, 0.3) is 0 Å². The highest BCUT2D eigenvalue weighted by atomic mass is 15.1. The molecule has 4 aromatic rings. The molecule has 0 aromatic carbocycles. The summed E-state index contributed by atoms with van der Waals surface area (Å²) in [6, 6.07) is 8.16. The van der Waals surface area contributed by atoms with E-state index in [0.29, 0.717) is 0 Å². The maximum atomic E-state index is 4.82. The van der Waals surface area contributed by atoms with E-state index in [-0.39, 0.29) is 0 Å². The van der Waals surface area contributed by atoms with Gasteiger partial charge in [-0.05, 0) is 50.2 Å². The number of nitrogens with zero attached hydrogens (tertiary/aromatic N) is 6. The Morgan fingerprint density at radius 1 is 0.964 bits per heavy atom. The number of hydrogen-bond acceptors (Lipinski definition) is 5. The number of aromatic nitrogens is 5. The zero-order valence-electron chi connectivity index (χ0n) is 16.1. The standard InChI is InChI=1S/C22H22N6/c1-15-25-14-20-21(26-15)18-7-12-27(2)13-8-19(18)28(20)22-17(4-3-9-24-22)16-5-10-23-11-6-16/h3-6,9-11,14H,7-8,12-13H2,1-2H3. The first-order valence-corrected chi connectivity index (χ1v) is 9.62. The molecule has 1 aliphatic rings. The molecule has 0 radical (unpaired) electrons. The predicted octanol–water partition coefficient (Wildman–Crippen LogP) is 3.22. The van der Waals surface area contributed by atoms with Crippen molar-refractivity contribution in [1.29, 1.82) is 0 Å². The Bertz CT molecular complexity index is 1150. The normalized spacial score (nSPS) is 14.8. The summed E-state index contributed by atoms with van der Waals surface area (Å²) in [6.07, 6.45) is 9.40. The quantitative estimate of drug-likeness (QED) is 0.542. The fourth-order valence-electron chi connectivity index (χ4n) is 4.08. The van der Waals surface area contributed by atoms with Crippen molar-refractivity contribution in [2.75, 3.05) is 20.1 Å². The average Bonchev–Trinajstić information content (AvgIpc) is 2.90. The van der Waals surface area contributed by atoms with E-state index in [1.54, 1.807) is 0 Å². The molecule has 0 saturated carbocycles. The Morgan fingerprint density at radius 2 is 1.79 bits per heavy atom. The van der Waals surface area contributed by atoms with Crippen molar-refractivity contribution in [1.82, 2.24) is 29.4 Å². The molecule has 0 spiro atoms. The van der Waals surface area contributed by atoms with Crippen LogP contribution in [0.1, 0.15) is 17.1 Å². The molecule has 1 aliphatic heterocycles. The van der Waals surface area contributed by atoms with Gasteiger partial charge in [-0.2, -0.15) is 0 Å². The van der Waals surface area contributed by atoms with Crippen LogP contribution in [-0.2, 0) is 12.8 Å². The Kier molecular flexibility index (Phi) is 4.13. The number of rotatable bonds is 2. The van der Waals surface area contributed by atoms with Crippen LogP contribution in [0.3, 0.4) is 0 Å². The van der Waals surface area contributed by atoms with E-state index in [0.717, 1.165) is 59.7 Å². The number of likely N-dealkylation sites (N-methyl/N-ethyl adjacent to an activating group) is 1. The number of fused-ring (bicyclic) bond motifs is 3. The van der Waals surface area contributed by atoms with Gasteiger partial charge < -0.3 is 4.90 Å². The summed E-state index contributed by atoms with van der Waals surface area (Å²) in [7, 11) is 2.18. The zero-order chi connectivity index (χ0) is 19.1. The molecule has 0 bridgehead atoms. The van der Waals surface area contributed by atoms with Gasteiger partial charge >= 0.3 is 0 Å². The van der Waals surface area contributed by atoms with Gasteiger partial charge in [-0.1, -0.05) is 0 Å². The fraction of sp³-hybridized carbons (Fsp3) is 0.273. The largest absolute Gasteiger partial charge is 0.306 e. The number of hydrogen-bond donors (Lipinski definition) is 0. The first-order chi connectivity index (χ1) is 13.7. The first kappa shape index (κ1) is 17.0. The highest BCUT2D eigenvalue weighted by Gasteiger charge is 2.24. The Labute approximate surface area is 163 Å². The summed E-state index contributed by atoms with van der Waals surface area (Å²) < 4.78 is 2.28. The van der Waals surface area contributed by atoms with Gasteiger partial charge in [0.05, 0.1) is 17.2 Å². The summed E-state index contributed by atoms with van der Waals surface area (Å²) in [5.74, 6) is 1.73. The summed E-state index contributed by atoms with van der Waals surface area (Å²) in [5.41, 5.74) is 6.91. The van der Waals surface area contributed by atoms with Gasteiger partial charge in [-0.15, -0.1) is 0 Å². The highest BCUT2D eigenvalue weighted by molar-refractivity contribution is 5.85. The minimum atomic E-state index is 0.806. The van der Waals surface area contributed by atoms with Gasteiger partial charge in [0.2, 0.25) is 0 Å². The second-order valence-corrected chi connectivity index (χ2v) is 7.33. The lowest BCUT2D eigenvalue weighted by atomic mass is 10.1. The van der Waals surface area contributed by atoms with Crippen LogP contribution in [0.15, 0.2) is 49.1 Å². The van der Waals surface area contributed by atoms with Crippen LogP contribution >= 0.6 is 0 Å². The first-order valence-electron chi connectivity index (χ1n) is 9.62. The maximum Gasteiger partial charge on any atom is 0.145 e. The molecule has 6 nitrogen and oxygen atoms in total. The van der Waals surface area contributed by atoms with E-state index >= 15 is 0 Å². The molecular weight excluding hydrogens is 348 g/mol. The van der Waals surface area contributed by atoms with E-state index in [4.69, 9.17) is 9.97 Å².